The van der Waals surface area contributed by atoms with Crippen molar-refractivity contribution in [2.24, 2.45) is 0 Å². The molecule has 0 aliphatic carbocycles. The Bertz CT molecular complexity index is 247. The molecule has 0 atom stereocenters. The van der Waals surface area contributed by atoms with E-state index in [0.29, 0.717) is 13.0 Å². The van der Waals surface area contributed by atoms with Crippen LogP contribution in [0.5, 0.6) is 0 Å². The van der Waals surface area contributed by atoms with E-state index in [2.05, 4.69) is 12.2 Å². The van der Waals surface area contributed by atoms with Crippen LogP contribution in [0.2, 0.25) is 0 Å². The summed E-state index contributed by atoms with van der Waals surface area (Å²) < 4.78 is 0. The van der Waals surface area contributed by atoms with Crippen molar-refractivity contribution in [3.63, 3.8) is 0 Å². The van der Waals surface area contributed by atoms with Gasteiger partial charge in [0.1, 0.15) is 0 Å². The number of amides is 1. The fraction of sp³-hybridized carbons (Fsp3) is 0.944. The van der Waals surface area contributed by atoms with Gasteiger partial charge < -0.3 is 15.3 Å². The SMILES string of the molecule is CCCCCCCCCCCC(=O)N(CC)CCNCCO. The first kappa shape index (κ1) is 21.4. The number of nitrogens with one attached hydrogen (secondary N) is 1. The minimum absolute atomic E-state index is 0.151. The Morgan fingerprint density at radius 2 is 1.50 bits per heavy atom. The van der Waals surface area contributed by atoms with Gasteiger partial charge in [-0.2, -0.15) is 0 Å². The van der Waals surface area contributed by atoms with E-state index >= 15 is 0 Å². The molecule has 0 rings (SSSR count). The van der Waals surface area contributed by atoms with Crippen LogP contribution in [0.3, 0.4) is 0 Å². The number of hydrogen-bond donors (Lipinski definition) is 2. The zero-order chi connectivity index (χ0) is 16.5. The Labute approximate surface area is 137 Å². The highest BCUT2D eigenvalue weighted by atomic mass is 16.3. The van der Waals surface area contributed by atoms with Crippen LogP contribution in [0.15, 0.2) is 0 Å². The summed E-state index contributed by atoms with van der Waals surface area (Å²) in [5, 5.41) is 11.8. The first-order chi connectivity index (χ1) is 10.8. The van der Waals surface area contributed by atoms with Gasteiger partial charge in [-0.15, -0.1) is 0 Å². The molecule has 0 unspecified atom stereocenters. The van der Waals surface area contributed by atoms with Crippen molar-refractivity contribution < 1.29 is 9.90 Å². The molecule has 0 heterocycles. The molecular weight excluding hydrogens is 276 g/mol. The maximum absolute atomic E-state index is 12.1. The topological polar surface area (TPSA) is 52.6 Å². The summed E-state index contributed by atoms with van der Waals surface area (Å²) in [5.41, 5.74) is 0. The Morgan fingerprint density at radius 1 is 0.909 bits per heavy atom. The summed E-state index contributed by atoms with van der Waals surface area (Å²) in [7, 11) is 0. The molecule has 0 saturated carbocycles. The maximum atomic E-state index is 12.1. The zero-order valence-corrected chi connectivity index (χ0v) is 14.9. The molecule has 0 aromatic rings. The highest BCUT2D eigenvalue weighted by Crippen LogP contribution is 2.11. The molecule has 0 aromatic heterocycles. The van der Waals surface area contributed by atoms with E-state index in [0.717, 1.165) is 26.1 Å². The smallest absolute Gasteiger partial charge is 0.222 e. The van der Waals surface area contributed by atoms with Crippen LogP contribution >= 0.6 is 0 Å². The second-order valence-electron chi connectivity index (χ2n) is 6.03. The van der Waals surface area contributed by atoms with Gasteiger partial charge in [-0.25, -0.2) is 0 Å². The molecule has 4 nitrogen and oxygen atoms in total. The molecule has 0 aliphatic rings. The molecule has 0 radical (unpaired) electrons. The normalized spacial score (nSPS) is 10.9. The molecule has 0 aliphatic heterocycles. The number of aliphatic hydroxyl groups is 1. The summed E-state index contributed by atoms with van der Waals surface area (Å²) in [5.74, 6) is 0.274. The number of carbonyl (C=O) groups excluding carboxylic acids is 1. The Morgan fingerprint density at radius 3 is 2.05 bits per heavy atom. The van der Waals surface area contributed by atoms with Gasteiger partial charge >= 0.3 is 0 Å². The number of unbranched alkanes of at least 4 members (excludes halogenated alkanes) is 8. The van der Waals surface area contributed by atoms with Gasteiger partial charge in [0.05, 0.1) is 6.61 Å². The van der Waals surface area contributed by atoms with Crippen LogP contribution in [-0.2, 0) is 4.79 Å². The van der Waals surface area contributed by atoms with Gasteiger partial charge in [0.2, 0.25) is 5.91 Å². The maximum Gasteiger partial charge on any atom is 0.222 e. The minimum Gasteiger partial charge on any atom is -0.395 e. The molecule has 0 spiro atoms. The number of hydrogen-bond acceptors (Lipinski definition) is 3. The number of carbonyl (C=O) groups is 1. The number of rotatable bonds is 16. The van der Waals surface area contributed by atoms with Gasteiger partial charge in [0.25, 0.3) is 0 Å². The van der Waals surface area contributed by atoms with Crippen LogP contribution in [-0.4, -0.2) is 48.7 Å². The van der Waals surface area contributed by atoms with Crippen molar-refractivity contribution in [1.82, 2.24) is 10.2 Å². The fourth-order valence-corrected chi connectivity index (χ4v) is 2.62. The summed E-state index contributed by atoms with van der Waals surface area (Å²) in [4.78, 5) is 14.0. The molecule has 1 amide bonds. The molecule has 2 N–H and O–H groups in total. The second-order valence-corrected chi connectivity index (χ2v) is 6.03. The van der Waals surface area contributed by atoms with E-state index in [9.17, 15) is 4.79 Å². The predicted molar refractivity (Wildman–Crippen MR) is 94.1 cm³/mol. The Kier molecular flexibility index (Phi) is 16.3. The summed E-state index contributed by atoms with van der Waals surface area (Å²) >= 11 is 0. The van der Waals surface area contributed by atoms with Gasteiger partial charge in [-0.05, 0) is 13.3 Å². The molecule has 0 fully saturated rings. The van der Waals surface area contributed by atoms with Crippen LogP contribution in [0.1, 0.15) is 78.1 Å². The average molecular weight is 315 g/mol. The highest BCUT2D eigenvalue weighted by molar-refractivity contribution is 5.76. The molecular formula is C18H38N2O2. The predicted octanol–water partition coefficient (Wildman–Crippen LogP) is 3.34. The molecule has 4 heteroatoms. The molecule has 22 heavy (non-hydrogen) atoms. The van der Waals surface area contributed by atoms with Crippen molar-refractivity contribution in [2.45, 2.75) is 78.1 Å². The van der Waals surface area contributed by atoms with Crippen molar-refractivity contribution >= 4 is 5.91 Å². The van der Waals surface area contributed by atoms with Crippen LogP contribution in [0.25, 0.3) is 0 Å². The average Bonchev–Trinajstić information content (AvgIpc) is 2.53. The third-order valence-corrected chi connectivity index (χ3v) is 4.08. The van der Waals surface area contributed by atoms with Gasteiger partial charge in [0.15, 0.2) is 0 Å². The summed E-state index contributed by atoms with van der Waals surface area (Å²) in [6.45, 7) is 7.31. The van der Waals surface area contributed by atoms with Crippen molar-refractivity contribution in [1.29, 1.82) is 0 Å². The second kappa shape index (κ2) is 16.8. The van der Waals surface area contributed by atoms with E-state index in [-0.39, 0.29) is 12.5 Å². The zero-order valence-electron chi connectivity index (χ0n) is 14.9. The number of likely N-dealkylation sites (N-methyl/N-ethyl adjacent to an activating group) is 1. The van der Waals surface area contributed by atoms with Crippen LogP contribution in [0.4, 0.5) is 0 Å². The van der Waals surface area contributed by atoms with E-state index in [1.54, 1.807) is 0 Å². The molecule has 0 saturated heterocycles. The van der Waals surface area contributed by atoms with Crippen molar-refractivity contribution in [3.05, 3.63) is 0 Å². The Balaban J connectivity index is 3.48. The van der Waals surface area contributed by atoms with E-state index in [1.165, 1.54) is 51.4 Å². The van der Waals surface area contributed by atoms with Gasteiger partial charge in [-0.1, -0.05) is 58.3 Å². The minimum atomic E-state index is 0.151. The number of nitrogens with zero attached hydrogens (tertiary/aromatic N) is 1. The lowest BCUT2D eigenvalue weighted by molar-refractivity contribution is -0.131. The summed E-state index contributed by atoms with van der Waals surface area (Å²) in [6, 6.07) is 0. The van der Waals surface area contributed by atoms with Gasteiger partial charge in [0, 0.05) is 32.6 Å². The van der Waals surface area contributed by atoms with E-state index < -0.39 is 0 Å². The molecule has 0 bridgehead atoms. The highest BCUT2D eigenvalue weighted by Gasteiger charge is 2.10. The first-order valence-corrected chi connectivity index (χ1v) is 9.35. The summed E-state index contributed by atoms with van der Waals surface area (Å²) in [6.07, 6.45) is 12.3. The van der Waals surface area contributed by atoms with E-state index in [1.807, 2.05) is 11.8 Å². The Hall–Kier alpha value is -0.610. The van der Waals surface area contributed by atoms with E-state index in [4.69, 9.17) is 5.11 Å². The fourth-order valence-electron chi connectivity index (χ4n) is 2.62. The van der Waals surface area contributed by atoms with Crippen LogP contribution < -0.4 is 5.32 Å². The lowest BCUT2D eigenvalue weighted by atomic mass is 10.1. The van der Waals surface area contributed by atoms with Crippen molar-refractivity contribution in [3.8, 4) is 0 Å². The monoisotopic (exact) mass is 314 g/mol. The standard InChI is InChI=1S/C18H38N2O2/c1-3-5-6-7-8-9-10-11-12-13-18(22)20(4-2)16-14-19-15-17-21/h19,21H,3-17H2,1-2H3. The third-order valence-electron chi connectivity index (χ3n) is 4.08. The third kappa shape index (κ3) is 13.1. The van der Waals surface area contributed by atoms with Gasteiger partial charge in [-0.3, -0.25) is 4.79 Å². The first-order valence-electron chi connectivity index (χ1n) is 9.35. The lowest BCUT2D eigenvalue weighted by Gasteiger charge is -2.21. The number of aliphatic hydroxyl groups excluding tert-OH is 1. The lowest BCUT2D eigenvalue weighted by Crippen LogP contribution is -2.37. The van der Waals surface area contributed by atoms with Crippen LogP contribution in [0, 0.1) is 0 Å². The van der Waals surface area contributed by atoms with Crippen molar-refractivity contribution in [2.75, 3.05) is 32.8 Å². The quantitative estimate of drug-likeness (QED) is 0.430. The largest absolute Gasteiger partial charge is 0.395 e. The molecule has 0 aromatic carbocycles. The molecule has 132 valence electrons.